The lowest BCUT2D eigenvalue weighted by Crippen LogP contribution is -2.27. The lowest BCUT2D eigenvalue weighted by Gasteiger charge is -2.22. The average Bonchev–Trinajstić information content (AvgIpc) is 3.15. The molecule has 0 bridgehead atoms. The molecule has 3 aromatic carbocycles. The van der Waals surface area contributed by atoms with Crippen molar-refractivity contribution in [1.82, 2.24) is 0 Å². The summed E-state index contributed by atoms with van der Waals surface area (Å²) in [5.74, 6) is -0.868. The number of nitrogens with zero attached hydrogens (tertiary/aromatic N) is 2. The predicted molar refractivity (Wildman–Crippen MR) is 121 cm³/mol. The number of ether oxygens (including phenoxy) is 1. The fourth-order valence-corrected chi connectivity index (χ4v) is 3.50. The van der Waals surface area contributed by atoms with E-state index in [1.54, 1.807) is 48.6 Å². The van der Waals surface area contributed by atoms with E-state index in [-0.39, 0.29) is 17.2 Å². The Morgan fingerprint density at radius 1 is 0.969 bits per heavy atom. The first-order chi connectivity index (χ1) is 15.5. The van der Waals surface area contributed by atoms with Gasteiger partial charge in [0.1, 0.15) is 0 Å². The second-order valence-electron chi connectivity index (χ2n) is 6.99. The number of nitro benzene ring substituents is 1. The van der Waals surface area contributed by atoms with E-state index in [2.05, 4.69) is 0 Å². The molecule has 0 unspecified atom stereocenters. The van der Waals surface area contributed by atoms with Crippen molar-refractivity contribution in [3.63, 3.8) is 0 Å². The largest absolute Gasteiger partial charge is 0.465 e. The lowest BCUT2D eigenvalue weighted by molar-refractivity contribution is -0.384. The Hall–Kier alpha value is -4.52. The quantitative estimate of drug-likeness (QED) is 0.252. The number of hydrogen-bond donors (Lipinski definition) is 0. The summed E-state index contributed by atoms with van der Waals surface area (Å²) >= 11 is 0. The molecule has 7 heteroatoms. The van der Waals surface area contributed by atoms with Crippen molar-refractivity contribution >= 4 is 35.0 Å². The molecule has 3 aromatic rings. The standard InChI is InChI=1S/C25H18N2O5/c1-32-25(29)21-9-5-6-10-22(21)26-23(18-7-3-2-4-8-18)16-19(24(26)28)15-17-11-13-20(14-12-17)27(30)31/h2-16H,1H3/b19-15+. The fourth-order valence-electron chi connectivity index (χ4n) is 3.50. The first-order valence-corrected chi connectivity index (χ1v) is 9.74. The molecular weight excluding hydrogens is 408 g/mol. The number of para-hydroxylation sites is 1. The number of non-ortho nitro benzene ring substituents is 1. The number of carbonyl (C=O) groups is 2. The summed E-state index contributed by atoms with van der Waals surface area (Å²) < 4.78 is 4.90. The highest BCUT2D eigenvalue weighted by molar-refractivity contribution is 6.24. The summed E-state index contributed by atoms with van der Waals surface area (Å²) in [6.45, 7) is 0. The lowest BCUT2D eigenvalue weighted by atomic mass is 10.1. The third-order valence-electron chi connectivity index (χ3n) is 5.03. The Labute approximate surface area is 184 Å². The normalized spacial score (nSPS) is 14.4. The number of rotatable bonds is 5. The Bertz CT molecular complexity index is 1260. The fraction of sp³-hybridized carbons (Fsp3) is 0.0400. The van der Waals surface area contributed by atoms with Gasteiger partial charge in [-0.15, -0.1) is 0 Å². The van der Waals surface area contributed by atoms with E-state index in [0.29, 0.717) is 22.5 Å². The van der Waals surface area contributed by atoms with Crippen LogP contribution in [-0.4, -0.2) is 23.9 Å². The van der Waals surface area contributed by atoms with Crippen LogP contribution in [0.3, 0.4) is 0 Å². The second-order valence-corrected chi connectivity index (χ2v) is 6.99. The van der Waals surface area contributed by atoms with Gasteiger partial charge in [-0.3, -0.25) is 19.8 Å². The van der Waals surface area contributed by atoms with Crippen molar-refractivity contribution in [2.45, 2.75) is 0 Å². The summed E-state index contributed by atoms with van der Waals surface area (Å²) in [6.07, 6.45) is 3.41. The number of nitro groups is 1. The number of anilines is 1. The number of esters is 1. The Morgan fingerprint density at radius 2 is 1.62 bits per heavy atom. The van der Waals surface area contributed by atoms with Gasteiger partial charge in [0.25, 0.3) is 11.6 Å². The molecule has 32 heavy (non-hydrogen) atoms. The van der Waals surface area contributed by atoms with Gasteiger partial charge in [-0.05, 0) is 47.5 Å². The minimum absolute atomic E-state index is 0.0287. The Kier molecular flexibility index (Phi) is 5.63. The third-order valence-corrected chi connectivity index (χ3v) is 5.03. The highest BCUT2D eigenvalue weighted by Crippen LogP contribution is 2.37. The summed E-state index contributed by atoms with van der Waals surface area (Å²) in [5.41, 5.74) is 3.09. The molecular formula is C25H18N2O5. The van der Waals surface area contributed by atoms with Crippen LogP contribution in [0.5, 0.6) is 0 Å². The molecule has 0 saturated heterocycles. The molecule has 0 aliphatic carbocycles. The van der Waals surface area contributed by atoms with Crippen molar-refractivity contribution < 1.29 is 19.2 Å². The molecule has 1 aliphatic heterocycles. The highest BCUT2D eigenvalue weighted by Gasteiger charge is 2.33. The van der Waals surface area contributed by atoms with Crippen LogP contribution in [-0.2, 0) is 9.53 Å². The van der Waals surface area contributed by atoms with E-state index in [9.17, 15) is 19.7 Å². The molecule has 1 amide bonds. The maximum absolute atomic E-state index is 13.5. The van der Waals surface area contributed by atoms with Crippen molar-refractivity contribution in [3.8, 4) is 0 Å². The van der Waals surface area contributed by atoms with Gasteiger partial charge in [0.05, 0.1) is 29.0 Å². The Morgan fingerprint density at radius 3 is 2.28 bits per heavy atom. The molecule has 4 rings (SSSR count). The van der Waals surface area contributed by atoms with Crippen molar-refractivity contribution in [1.29, 1.82) is 0 Å². The average molecular weight is 426 g/mol. The number of methoxy groups -OCH3 is 1. The van der Waals surface area contributed by atoms with E-state index in [4.69, 9.17) is 4.74 Å². The van der Waals surface area contributed by atoms with Crippen LogP contribution in [0.25, 0.3) is 11.8 Å². The van der Waals surface area contributed by atoms with Gasteiger partial charge in [0.15, 0.2) is 0 Å². The zero-order chi connectivity index (χ0) is 22.7. The first-order valence-electron chi connectivity index (χ1n) is 9.74. The van der Waals surface area contributed by atoms with E-state index in [1.165, 1.54) is 24.1 Å². The molecule has 7 nitrogen and oxygen atoms in total. The summed E-state index contributed by atoms with van der Waals surface area (Å²) in [7, 11) is 1.29. The molecule has 1 aliphatic rings. The molecule has 0 N–H and O–H groups in total. The van der Waals surface area contributed by atoms with Gasteiger partial charge in [-0.1, -0.05) is 42.5 Å². The minimum Gasteiger partial charge on any atom is -0.465 e. The zero-order valence-corrected chi connectivity index (χ0v) is 17.1. The maximum atomic E-state index is 13.5. The highest BCUT2D eigenvalue weighted by atomic mass is 16.6. The number of hydrogen-bond acceptors (Lipinski definition) is 5. The Balaban J connectivity index is 1.83. The van der Waals surface area contributed by atoms with Gasteiger partial charge in [0, 0.05) is 17.7 Å². The zero-order valence-electron chi connectivity index (χ0n) is 17.1. The monoisotopic (exact) mass is 426 g/mol. The molecule has 0 saturated carbocycles. The van der Waals surface area contributed by atoms with Gasteiger partial charge in [0.2, 0.25) is 0 Å². The maximum Gasteiger partial charge on any atom is 0.339 e. The molecule has 0 fully saturated rings. The van der Waals surface area contributed by atoms with Crippen molar-refractivity contribution in [3.05, 3.63) is 117 Å². The van der Waals surface area contributed by atoms with Gasteiger partial charge in [-0.2, -0.15) is 0 Å². The second kappa shape index (κ2) is 8.69. The van der Waals surface area contributed by atoms with Crippen molar-refractivity contribution in [2.24, 2.45) is 0 Å². The van der Waals surface area contributed by atoms with E-state index < -0.39 is 10.9 Å². The van der Waals surface area contributed by atoms with Gasteiger partial charge >= 0.3 is 5.97 Å². The van der Waals surface area contributed by atoms with Gasteiger partial charge < -0.3 is 4.74 Å². The summed E-state index contributed by atoms with van der Waals surface area (Å²) in [6, 6.07) is 22.0. The molecule has 0 spiro atoms. The van der Waals surface area contributed by atoms with Crippen LogP contribution in [0.4, 0.5) is 11.4 Å². The minimum atomic E-state index is -0.548. The topological polar surface area (TPSA) is 89.8 Å². The van der Waals surface area contributed by atoms with Crippen LogP contribution in [0.2, 0.25) is 0 Å². The molecule has 0 aromatic heterocycles. The van der Waals surface area contributed by atoms with Crippen LogP contribution in [0.15, 0.2) is 90.5 Å². The third kappa shape index (κ3) is 3.91. The smallest absolute Gasteiger partial charge is 0.339 e. The predicted octanol–water partition coefficient (Wildman–Crippen LogP) is 4.85. The SMILES string of the molecule is COC(=O)c1ccccc1N1C(=O)/C(=C/c2ccc([N+](=O)[O-])cc2)C=C1c1ccccc1. The molecule has 0 radical (unpaired) electrons. The van der Waals surface area contributed by atoms with Crippen LogP contribution < -0.4 is 4.90 Å². The number of benzene rings is 3. The number of carbonyl (C=O) groups excluding carboxylic acids is 2. The first kappa shape index (κ1) is 20.7. The number of amides is 1. The van der Waals surface area contributed by atoms with Gasteiger partial charge in [-0.25, -0.2) is 4.79 Å². The van der Waals surface area contributed by atoms with E-state index >= 15 is 0 Å². The molecule has 0 atom stereocenters. The van der Waals surface area contributed by atoms with Crippen LogP contribution >= 0.6 is 0 Å². The van der Waals surface area contributed by atoms with E-state index in [0.717, 1.165) is 5.56 Å². The molecule has 158 valence electrons. The van der Waals surface area contributed by atoms with Crippen LogP contribution in [0, 0.1) is 10.1 Å². The van der Waals surface area contributed by atoms with E-state index in [1.807, 2.05) is 30.3 Å². The van der Waals surface area contributed by atoms with Crippen molar-refractivity contribution in [2.75, 3.05) is 12.0 Å². The molecule has 1 heterocycles. The van der Waals surface area contributed by atoms with Crippen LogP contribution in [0.1, 0.15) is 21.5 Å². The summed E-state index contributed by atoms with van der Waals surface area (Å²) in [4.78, 5) is 37.7. The summed E-state index contributed by atoms with van der Waals surface area (Å²) in [5, 5.41) is 10.9.